The number of rotatable bonds is 11. The number of piperidine rings is 2. The number of ether oxygens (including phenoxy) is 1. The Morgan fingerprint density at radius 3 is 2.37 bits per heavy atom. The lowest BCUT2D eigenvalue weighted by molar-refractivity contribution is -0.140. The molecule has 19 nitrogen and oxygen atoms in total. The van der Waals surface area contributed by atoms with E-state index in [0.29, 0.717) is 77.2 Å². The van der Waals surface area contributed by atoms with E-state index < -0.39 is 59.8 Å². The molecule has 1 atom stereocenters. The highest BCUT2D eigenvalue weighted by Crippen LogP contribution is 2.41. The van der Waals surface area contributed by atoms with Gasteiger partial charge in [0.05, 0.1) is 47.9 Å². The lowest BCUT2D eigenvalue weighted by Crippen LogP contribution is -2.54. The van der Waals surface area contributed by atoms with Crippen LogP contribution in [-0.2, 0) is 19.2 Å². The molecular formula is C46H52F3N11O8. The van der Waals surface area contributed by atoms with Crippen LogP contribution in [0.25, 0.3) is 0 Å². The maximum Gasteiger partial charge on any atom is 0.342 e. The Hall–Kier alpha value is -6.84. The lowest BCUT2D eigenvalue weighted by atomic mass is 10.0. The first-order chi connectivity index (χ1) is 32.6. The van der Waals surface area contributed by atoms with Crippen LogP contribution in [0, 0.1) is 5.82 Å². The van der Waals surface area contributed by atoms with E-state index in [1.165, 1.54) is 31.3 Å². The molecule has 1 saturated carbocycles. The van der Waals surface area contributed by atoms with Crippen molar-refractivity contribution in [2.45, 2.75) is 81.8 Å². The zero-order chi connectivity index (χ0) is 48.0. The van der Waals surface area contributed by atoms with Crippen molar-refractivity contribution in [1.82, 2.24) is 35.3 Å². The number of carbonyl (C=O) groups is 7. The number of halogens is 3. The zero-order valence-corrected chi connectivity index (χ0v) is 37.7. The van der Waals surface area contributed by atoms with Gasteiger partial charge in [0, 0.05) is 83.9 Å². The first kappa shape index (κ1) is 46.3. The van der Waals surface area contributed by atoms with Crippen LogP contribution in [0.4, 0.5) is 42.0 Å². The summed E-state index contributed by atoms with van der Waals surface area (Å²) in [5.74, 6) is -8.60. The number of likely N-dealkylation sites (tertiary alicyclic amines) is 1. The summed E-state index contributed by atoms with van der Waals surface area (Å²) >= 11 is 0. The van der Waals surface area contributed by atoms with Gasteiger partial charge in [-0.1, -0.05) is 18.9 Å². The van der Waals surface area contributed by atoms with Gasteiger partial charge < -0.3 is 35.0 Å². The van der Waals surface area contributed by atoms with E-state index in [9.17, 15) is 33.6 Å². The van der Waals surface area contributed by atoms with Crippen LogP contribution in [0.1, 0.15) is 88.9 Å². The molecular weight excluding hydrogens is 892 g/mol. The number of anilines is 5. The number of fused-ring (bicyclic) bond motifs is 2. The third kappa shape index (κ3) is 8.88. The average molecular weight is 944 g/mol. The van der Waals surface area contributed by atoms with Gasteiger partial charge in [-0.3, -0.25) is 48.7 Å². The number of methoxy groups -OCH3 is 1. The molecule has 4 fully saturated rings. The summed E-state index contributed by atoms with van der Waals surface area (Å²) < 4.78 is 51.3. The van der Waals surface area contributed by atoms with Gasteiger partial charge in [-0.25, -0.2) is 9.37 Å². The topological polar surface area (TPSA) is 210 Å². The molecule has 9 rings (SSSR count). The van der Waals surface area contributed by atoms with Crippen LogP contribution in [-0.4, -0.2) is 157 Å². The predicted molar refractivity (Wildman–Crippen MR) is 240 cm³/mol. The van der Waals surface area contributed by atoms with Gasteiger partial charge in [0.25, 0.3) is 23.6 Å². The summed E-state index contributed by atoms with van der Waals surface area (Å²) in [5, 5.41) is 8.00. The molecule has 22 heteroatoms. The molecule has 3 N–H and O–H groups in total. The van der Waals surface area contributed by atoms with Crippen molar-refractivity contribution >= 4 is 70.2 Å². The number of nitrogens with zero attached hydrogens (tertiary/aromatic N) is 8. The summed E-state index contributed by atoms with van der Waals surface area (Å²) in [4.78, 5) is 109. The Labute approximate surface area is 389 Å². The van der Waals surface area contributed by atoms with Crippen LogP contribution < -0.4 is 35.4 Å². The van der Waals surface area contributed by atoms with Gasteiger partial charge in [0.1, 0.15) is 23.3 Å². The van der Waals surface area contributed by atoms with Crippen molar-refractivity contribution in [1.29, 1.82) is 0 Å². The van der Waals surface area contributed by atoms with Crippen LogP contribution in [0.2, 0.25) is 0 Å². The highest BCUT2D eigenvalue weighted by molar-refractivity contribution is 6.25. The van der Waals surface area contributed by atoms with Crippen molar-refractivity contribution in [2.24, 2.45) is 0 Å². The monoisotopic (exact) mass is 943 g/mol. The minimum atomic E-state index is -3.65. The standard InChI is InChI=1S/C46H52F3N11O8/c1-55-34-24-50-45(54-39(34)59(27-6-3-4-7-27)25-46(48,49)44(55)67)52-31-23-30(47)29(22-35(31)68-2)40(63)51-26-12-16-58(17-13-26)37(62)14-15-56-18-20-57(21-19-56)32-9-5-8-28-38(32)43(66)60(42(28)65)33-10-11-36(61)53-41(33)64/h5,8-9,22-24,26-27,33H,3-4,6-7,10-21,25H2,1-2H3,(H,51,63)(H,50,52,54)(H,53,61,64). The van der Waals surface area contributed by atoms with Gasteiger partial charge >= 0.3 is 5.92 Å². The smallest absolute Gasteiger partial charge is 0.342 e. The van der Waals surface area contributed by atoms with E-state index >= 15 is 13.2 Å². The zero-order valence-electron chi connectivity index (χ0n) is 37.7. The number of aromatic nitrogens is 2. The van der Waals surface area contributed by atoms with Gasteiger partial charge in [-0.15, -0.1) is 0 Å². The van der Waals surface area contributed by atoms with Gasteiger partial charge in [-0.2, -0.15) is 13.8 Å². The number of benzene rings is 2. The Bertz CT molecular complexity index is 2560. The second-order valence-corrected chi connectivity index (χ2v) is 18.0. The molecule has 5 aliphatic heterocycles. The molecule has 360 valence electrons. The number of nitrogens with one attached hydrogen (secondary N) is 3. The maximum atomic E-state index is 15.7. The van der Waals surface area contributed by atoms with E-state index in [2.05, 4.69) is 30.8 Å². The third-order valence-electron chi connectivity index (χ3n) is 13.9. The number of imide groups is 2. The van der Waals surface area contributed by atoms with E-state index in [1.807, 2.05) is 4.90 Å². The maximum absolute atomic E-state index is 15.7. The van der Waals surface area contributed by atoms with E-state index in [0.717, 1.165) is 28.7 Å². The number of amides is 7. The summed E-state index contributed by atoms with van der Waals surface area (Å²) in [6, 6.07) is 5.75. The molecule has 68 heavy (non-hydrogen) atoms. The first-order valence-electron chi connectivity index (χ1n) is 23.0. The molecule has 0 spiro atoms. The number of piperazine rings is 1. The van der Waals surface area contributed by atoms with Crippen LogP contribution in [0.15, 0.2) is 36.5 Å². The number of alkyl halides is 2. The fraction of sp³-hybridized carbons (Fsp3) is 0.500. The molecule has 6 heterocycles. The van der Waals surface area contributed by atoms with Crippen molar-refractivity contribution in [3.05, 3.63) is 59.0 Å². The van der Waals surface area contributed by atoms with Crippen molar-refractivity contribution in [3.63, 3.8) is 0 Å². The highest BCUT2D eigenvalue weighted by atomic mass is 19.3. The molecule has 0 bridgehead atoms. The van der Waals surface area contributed by atoms with Crippen LogP contribution >= 0.6 is 0 Å². The minimum absolute atomic E-state index is 0.0299. The molecule has 3 aromatic rings. The molecule has 1 aromatic heterocycles. The number of hydrogen-bond acceptors (Lipinski definition) is 14. The number of carbonyl (C=O) groups excluding carboxylic acids is 7. The molecule has 3 saturated heterocycles. The fourth-order valence-corrected chi connectivity index (χ4v) is 10.1. The Morgan fingerprint density at radius 2 is 1.66 bits per heavy atom. The molecule has 7 amide bonds. The average Bonchev–Trinajstić information content (AvgIpc) is 3.94. The normalized spacial score (nSPS) is 21.5. The van der Waals surface area contributed by atoms with Gasteiger partial charge in [0.15, 0.2) is 5.82 Å². The Kier molecular flexibility index (Phi) is 12.7. The summed E-state index contributed by atoms with van der Waals surface area (Å²) in [5.41, 5.74) is 1.00. The third-order valence-corrected chi connectivity index (χ3v) is 13.9. The predicted octanol–water partition coefficient (Wildman–Crippen LogP) is 3.06. The molecule has 2 aromatic carbocycles. The Balaban J connectivity index is 0.757. The summed E-state index contributed by atoms with van der Waals surface area (Å²) in [6.45, 7) is 2.76. The molecule has 0 radical (unpaired) electrons. The summed E-state index contributed by atoms with van der Waals surface area (Å²) in [6.07, 6.45) is 5.61. The highest BCUT2D eigenvalue weighted by Gasteiger charge is 2.49. The van der Waals surface area contributed by atoms with E-state index in [1.54, 1.807) is 23.1 Å². The second kappa shape index (κ2) is 18.7. The molecule has 6 aliphatic rings. The van der Waals surface area contributed by atoms with E-state index in [-0.39, 0.29) is 82.8 Å². The molecule has 1 unspecified atom stereocenters. The first-order valence-corrected chi connectivity index (χ1v) is 23.0. The minimum Gasteiger partial charge on any atom is -0.495 e. The van der Waals surface area contributed by atoms with Gasteiger partial charge in [0.2, 0.25) is 23.7 Å². The van der Waals surface area contributed by atoms with Crippen LogP contribution in [0.5, 0.6) is 5.75 Å². The quantitative estimate of drug-likeness (QED) is 0.236. The van der Waals surface area contributed by atoms with E-state index in [4.69, 9.17) is 4.74 Å². The van der Waals surface area contributed by atoms with Crippen LogP contribution in [0.3, 0.4) is 0 Å². The molecule has 1 aliphatic carbocycles. The lowest BCUT2D eigenvalue weighted by Gasteiger charge is -2.37. The van der Waals surface area contributed by atoms with Gasteiger partial charge in [-0.05, 0) is 50.3 Å². The number of hydrogen-bond donors (Lipinski definition) is 3. The van der Waals surface area contributed by atoms with Crippen molar-refractivity contribution in [3.8, 4) is 5.75 Å². The summed E-state index contributed by atoms with van der Waals surface area (Å²) in [7, 11) is 2.60. The Morgan fingerprint density at radius 1 is 0.926 bits per heavy atom. The SMILES string of the molecule is COc1cc(C(=O)NC2CCN(C(=O)CCN3CCN(c4cccc5c4C(=O)N(C4CCC(=O)NC4=O)C5=O)CC3)CC2)c(F)cc1Nc1ncc2c(n1)N(C1CCCC1)CC(F)(F)C(=O)N2C. The fourth-order valence-electron chi connectivity index (χ4n) is 10.1. The second-order valence-electron chi connectivity index (χ2n) is 18.0. The van der Waals surface area contributed by atoms with Crippen molar-refractivity contribution in [2.75, 3.05) is 86.5 Å². The van der Waals surface area contributed by atoms with Crippen molar-refractivity contribution < 1.29 is 51.5 Å². The largest absolute Gasteiger partial charge is 0.495 e.